The minimum absolute atomic E-state index is 0.0863. The van der Waals surface area contributed by atoms with E-state index in [-0.39, 0.29) is 5.91 Å². The third-order valence-corrected chi connectivity index (χ3v) is 5.06. The van der Waals surface area contributed by atoms with Crippen LogP contribution in [0, 0.1) is 0 Å². The van der Waals surface area contributed by atoms with Gasteiger partial charge in [0.25, 0.3) is 5.91 Å². The maximum atomic E-state index is 12.4. The van der Waals surface area contributed by atoms with Gasteiger partial charge in [-0.3, -0.25) is 4.79 Å². The van der Waals surface area contributed by atoms with Crippen LogP contribution in [0.2, 0.25) is 0 Å². The number of benzene rings is 2. The molecule has 4 rings (SSSR count). The number of para-hydroxylation sites is 1. The summed E-state index contributed by atoms with van der Waals surface area (Å²) in [5.41, 5.74) is 3.87. The minimum Gasteiger partial charge on any atom is -0.488 e. The maximum Gasteiger partial charge on any atom is 0.250 e. The molecular weight excluding hydrogens is 330 g/mol. The summed E-state index contributed by atoms with van der Waals surface area (Å²) in [5, 5.41) is 5.04. The highest BCUT2D eigenvalue weighted by molar-refractivity contribution is 7.13. The molecule has 0 saturated carbocycles. The van der Waals surface area contributed by atoms with E-state index >= 15 is 0 Å². The molecule has 4 heteroatoms. The number of thiophene rings is 1. The Morgan fingerprint density at radius 3 is 2.68 bits per heavy atom. The van der Waals surface area contributed by atoms with Gasteiger partial charge in [-0.2, -0.15) is 0 Å². The largest absolute Gasteiger partial charge is 0.488 e. The van der Waals surface area contributed by atoms with Crippen molar-refractivity contribution < 1.29 is 9.53 Å². The molecule has 0 radical (unpaired) electrons. The Morgan fingerprint density at radius 2 is 1.88 bits per heavy atom. The van der Waals surface area contributed by atoms with Crippen LogP contribution in [0.3, 0.4) is 0 Å². The normalized spacial score (nSPS) is 12.7. The summed E-state index contributed by atoms with van der Waals surface area (Å²) in [5.74, 6) is 0.736. The molecule has 2 aromatic carbocycles. The van der Waals surface area contributed by atoms with Crippen molar-refractivity contribution >= 4 is 23.3 Å². The number of nitrogens with one attached hydrogen (secondary N) is 1. The van der Waals surface area contributed by atoms with Gasteiger partial charge in [0.1, 0.15) is 12.4 Å². The van der Waals surface area contributed by atoms with Gasteiger partial charge in [0.15, 0.2) is 0 Å². The van der Waals surface area contributed by atoms with Gasteiger partial charge in [0, 0.05) is 17.0 Å². The van der Waals surface area contributed by atoms with Crippen LogP contribution in [0.5, 0.6) is 5.75 Å². The summed E-state index contributed by atoms with van der Waals surface area (Å²) in [6.07, 6.45) is 1.90. The average molecular weight is 347 g/mol. The summed E-state index contributed by atoms with van der Waals surface area (Å²) in [7, 11) is 0. The third kappa shape index (κ3) is 3.49. The van der Waals surface area contributed by atoms with Gasteiger partial charge in [-0.15, -0.1) is 11.3 Å². The molecule has 0 unspecified atom stereocenters. The average Bonchev–Trinajstić information content (AvgIpc) is 3.21. The lowest BCUT2D eigenvalue weighted by atomic mass is 10.1. The van der Waals surface area contributed by atoms with Gasteiger partial charge >= 0.3 is 0 Å². The van der Waals surface area contributed by atoms with Crippen molar-refractivity contribution in [2.75, 3.05) is 6.61 Å². The lowest BCUT2D eigenvalue weighted by Gasteiger charge is -2.17. The fourth-order valence-electron chi connectivity index (χ4n) is 2.77. The van der Waals surface area contributed by atoms with E-state index in [4.69, 9.17) is 4.74 Å². The van der Waals surface area contributed by atoms with Gasteiger partial charge in [-0.1, -0.05) is 48.5 Å². The number of ether oxygens (including phenoxy) is 1. The van der Waals surface area contributed by atoms with Crippen molar-refractivity contribution in [1.82, 2.24) is 5.32 Å². The number of fused-ring (bicyclic) bond motifs is 1. The molecule has 1 aliphatic rings. The summed E-state index contributed by atoms with van der Waals surface area (Å²) < 4.78 is 5.64. The smallest absolute Gasteiger partial charge is 0.250 e. The molecule has 2 heterocycles. The van der Waals surface area contributed by atoms with Crippen LogP contribution < -0.4 is 10.1 Å². The lowest BCUT2D eigenvalue weighted by Crippen LogP contribution is -2.28. The van der Waals surface area contributed by atoms with Crippen molar-refractivity contribution in [1.29, 1.82) is 0 Å². The highest BCUT2D eigenvalue weighted by Crippen LogP contribution is 2.26. The summed E-state index contributed by atoms with van der Waals surface area (Å²) >= 11 is 1.72. The Labute approximate surface area is 150 Å². The molecule has 0 bridgehead atoms. The van der Waals surface area contributed by atoms with Crippen molar-refractivity contribution in [3.63, 3.8) is 0 Å². The predicted molar refractivity (Wildman–Crippen MR) is 102 cm³/mol. The van der Waals surface area contributed by atoms with Gasteiger partial charge in [-0.25, -0.2) is 0 Å². The first-order valence-electron chi connectivity index (χ1n) is 8.13. The topological polar surface area (TPSA) is 38.3 Å². The highest BCUT2D eigenvalue weighted by Gasteiger charge is 2.16. The van der Waals surface area contributed by atoms with Crippen LogP contribution in [0.15, 0.2) is 71.6 Å². The molecule has 1 amide bonds. The molecule has 1 aliphatic heterocycles. The predicted octanol–water partition coefficient (Wildman–Crippen LogP) is 4.51. The summed E-state index contributed by atoms with van der Waals surface area (Å²) in [6.45, 7) is 0.808. The third-order valence-electron chi connectivity index (χ3n) is 4.14. The molecule has 1 N–H and O–H groups in total. The zero-order valence-corrected chi connectivity index (χ0v) is 14.4. The Balaban J connectivity index is 1.40. The molecule has 124 valence electrons. The first-order chi connectivity index (χ1) is 12.3. The fourth-order valence-corrected chi connectivity index (χ4v) is 3.51. The van der Waals surface area contributed by atoms with E-state index in [1.54, 1.807) is 11.3 Å². The van der Waals surface area contributed by atoms with Crippen molar-refractivity contribution in [3.05, 3.63) is 82.7 Å². The number of hydrogen-bond acceptors (Lipinski definition) is 3. The zero-order chi connectivity index (χ0) is 17.1. The van der Waals surface area contributed by atoms with Gasteiger partial charge in [-0.05, 0) is 34.7 Å². The lowest BCUT2D eigenvalue weighted by molar-refractivity contribution is -0.117. The molecule has 0 saturated heterocycles. The molecular formula is C21H17NO2S. The van der Waals surface area contributed by atoms with E-state index in [1.165, 1.54) is 10.4 Å². The van der Waals surface area contributed by atoms with E-state index in [0.29, 0.717) is 18.7 Å². The number of hydrogen-bond donors (Lipinski definition) is 1. The Kier molecular flexibility index (Phi) is 4.36. The zero-order valence-electron chi connectivity index (χ0n) is 13.6. The van der Waals surface area contributed by atoms with Crippen molar-refractivity contribution in [3.8, 4) is 16.2 Å². The van der Waals surface area contributed by atoms with E-state index in [0.717, 1.165) is 16.9 Å². The fraction of sp³-hybridized carbons (Fsp3) is 0.0952. The Bertz CT molecular complexity index is 911. The van der Waals surface area contributed by atoms with E-state index in [1.807, 2.05) is 36.4 Å². The molecule has 3 aromatic rings. The number of rotatable bonds is 4. The molecule has 25 heavy (non-hydrogen) atoms. The van der Waals surface area contributed by atoms with Crippen molar-refractivity contribution in [2.45, 2.75) is 6.54 Å². The summed E-state index contributed by atoms with van der Waals surface area (Å²) in [4.78, 5) is 13.6. The Hall–Kier alpha value is -2.85. The van der Waals surface area contributed by atoms with Gasteiger partial charge < -0.3 is 10.1 Å². The first-order valence-corrected chi connectivity index (χ1v) is 9.01. The van der Waals surface area contributed by atoms with E-state index in [2.05, 4.69) is 41.0 Å². The van der Waals surface area contributed by atoms with E-state index < -0.39 is 0 Å². The highest BCUT2D eigenvalue weighted by atomic mass is 32.1. The number of amides is 1. The SMILES string of the molecule is O=C(NCc1ccc(-c2cccs2)cc1)C1=Cc2ccccc2OC1. The van der Waals surface area contributed by atoms with Crippen LogP contribution in [-0.2, 0) is 11.3 Å². The van der Waals surface area contributed by atoms with Crippen molar-refractivity contribution in [2.24, 2.45) is 0 Å². The van der Waals surface area contributed by atoms with Crippen LogP contribution in [0.25, 0.3) is 16.5 Å². The van der Waals surface area contributed by atoms with Crippen LogP contribution >= 0.6 is 11.3 Å². The van der Waals surface area contributed by atoms with Crippen LogP contribution in [0.4, 0.5) is 0 Å². The molecule has 0 aliphatic carbocycles. The first kappa shape index (κ1) is 15.7. The second kappa shape index (κ2) is 6.95. The van der Waals surface area contributed by atoms with Gasteiger partial charge in [0.2, 0.25) is 0 Å². The van der Waals surface area contributed by atoms with E-state index in [9.17, 15) is 4.79 Å². The standard InChI is InChI=1S/C21H17NO2S/c23-21(18-12-17-4-1-2-5-19(17)24-14-18)22-13-15-7-9-16(10-8-15)20-6-3-11-25-20/h1-12H,13-14H2,(H,22,23). The monoisotopic (exact) mass is 347 g/mol. The summed E-state index contributed by atoms with van der Waals surface area (Å²) in [6, 6.07) is 20.2. The van der Waals surface area contributed by atoms with Gasteiger partial charge in [0.05, 0.1) is 5.57 Å². The van der Waals surface area contributed by atoms with Crippen LogP contribution in [0.1, 0.15) is 11.1 Å². The second-order valence-electron chi connectivity index (χ2n) is 5.85. The quantitative estimate of drug-likeness (QED) is 0.754. The number of carbonyl (C=O) groups excluding carboxylic acids is 1. The maximum absolute atomic E-state index is 12.4. The van der Waals surface area contributed by atoms with Crippen LogP contribution in [-0.4, -0.2) is 12.5 Å². The molecule has 0 spiro atoms. The molecule has 0 atom stereocenters. The minimum atomic E-state index is -0.0863. The molecule has 3 nitrogen and oxygen atoms in total. The molecule has 1 aromatic heterocycles. The molecule has 0 fully saturated rings. The Morgan fingerprint density at radius 1 is 1.04 bits per heavy atom. The second-order valence-corrected chi connectivity index (χ2v) is 6.80. The number of carbonyl (C=O) groups is 1.